The minimum Gasteiger partial charge on any atom is -0.351 e. The van der Waals surface area contributed by atoms with E-state index in [0.29, 0.717) is 5.56 Å². The molecule has 0 aromatic heterocycles. The molecule has 1 aliphatic heterocycles. The summed E-state index contributed by atoms with van der Waals surface area (Å²) in [6, 6.07) is 7.52. The van der Waals surface area contributed by atoms with Gasteiger partial charge >= 0.3 is 0 Å². The van der Waals surface area contributed by atoms with Crippen LogP contribution in [0.1, 0.15) is 61.2 Å². The van der Waals surface area contributed by atoms with Crippen molar-refractivity contribution in [3.05, 3.63) is 35.4 Å². The van der Waals surface area contributed by atoms with Gasteiger partial charge in [0, 0.05) is 11.1 Å². The maximum atomic E-state index is 12.5. The van der Waals surface area contributed by atoms with Crippen LogP contribution in [0.4, 0.5) is 0 Å². The summed E-state index contributed by atoms with van der Waals surface area (Å²) in [5.41, 5.74) is 1.56. The van der Waals surface area contributed by atoms with Gasteiger partial charge in [0.05, 0.1) is 12.6 Å². The van der Waals surface area contributed by atoms with Crippen LogP contribution in [0.15, 0.2) is 24.3 Å². The fourth-order valence-electron chi connectivity index (χ4n) is 3.26. The third-order valence-electron chi connectivity index (χ3n) is 4.27. The summed E-state index contributed by atoms with van der Waals surface area (Å²) in [6.45, 7) is 1.62. The second-order valence-electron chi connectivity index (χ2n) is 5.97. The molecule has 21 heavy (non-hydrogen) atoms. The molecule has 2 aliphatic rings. The summed E-state index contributed by atoms with van der Waals surface area (Å²) in [7, 11) is 0. The first kappa shape index (κ1) is 14.3. The number of nitrogens with zero attached hydrogens (tertiary/aromatic N) is 1. The van der Waals surface area contributed by atoms with Crippen molar-refractivity contribution < 1.29 is 14.3 Å². The Labute approximate surface area is 125 Å². The number of hydrogen-bond acceptors (Lipinski definition) is 3. The largest absolute Gasteiger partial charge is 0.351 e. The van der Waals surface area contributed by atoms with E-state index in [2.05, 4.69) is 0 Å². The van der Waals surface area contributed by atoms with Crippen LogP contribution >= 0.6 is 0 Å². The van der Waals surface area contributed by atoms with Gasteiger partial charge in [0.15, 0.2) is 6.23 Å². The third-order valence-corrected chi connectivity index (χ3v) is 4.27. The number of rotatable bonds is 4. The molecule has 1 aromatic rings. The highest BCUT2D eigenvalue weighted by atomic mass is 16.5. The van der Waals surface area contributed by atoms with Crippen molar-refractivity contribution in [1.29, 1.82) is 0 Å². The van der Waals surface area contributed by atoms with Crippen molar-refractivity contribution in [2.75, 3.05) is 6.54 Å². The third kappa shape index (κ3) is 2.86. The Morgan fingerprint density at radius 2 is 1.95 bits per heavy atom. The molecule has 1 heterocycles. The van der Waals surface area contributed by atoms with Crippen molar-refractivity contribution in [2.24, 2.45) is 0 Å². The van der Waals surface area contributed by atoms with Gasteiger partial charge in [-0.2, -0.15) is 0 Å². The number of amides is 1. The molecule has 1 saturated carbocycles. The molecule has 1 aromatic carbocycles. The highest BCUT2D eigenvalue weighted by Crippen LogP contribution is 2.37. The molecule has 112 valence electrons. The summed E-state index contributed by atoms with van der Waals surface area (Å²) in [6.07, 6.45) is 5.50. The standard InChI is InChI=1S/C17H21NO3/c1-12(19)11-18-16(20)14-9-5-6-10-15(14)17(18)21-13-7-3-2-4-8-13/h5-6,9-10,13,17H,2-4,7-8,11H2,1H3. The summed E-state index contributed by atoms with van der Waals surface area (Å²) in [4.78, 5) is 25.5. The van der Waals surface area contributed by atoms with Crippen LogP contribution in [0.5, 0.6) is 0 Å². The Morgan fingerprint density at radius 1 is 1.24 bits per heavy atom. The van der Waals surface area contributed by atoms with Crippen molar-refractivity contribution in [1.82, 2.24) is 4.90 Å². The Balaban J connectivity index is 1.85. The van der Waals surface area contributed by atoms with Crippen LogP contribution in [0.25, 0.3) is 0 Å². The van der Waals surface area contributed by atoms with Gasteiger partial charge in [0.1, 0.15) is 5.78 Å². The molecule has 3 rings (SSSR count). The number of carbonyl (C=O) groups excluding carboxylic acids is 2. The Hall–Kier alpha value is -1.68. The molecule has 0 saturated heterocycles. The summed E-state index contributed by atoms with van der Waals surface area (Å²) in [5, 5.41) is 0. The lowest BCUT2D eigenvalue weighted by molar-refractivity contribution is -0.125. The maximum absolute atomic E-state index is 12.5. The number of ketones is 1. The number of benzene rings is 1. The van der Waals surface area contributed by atoms with Gasteiger partial charge in [-0.1, -0.05) is 37.5 Å². The van der Waals surface area contributed by atoms with E-state index >= 15 is 0 Å². The summed E-state index contributed by atoms with van der Waals surface area (Å²) in [5.74, 6) is -0.116. The van der Waals surface area contributed by atoms with Crippen molar-refractivity contribution in [2.45, 2.75) is 51.4 Å². The van der Waals surface area contributed by atoms with E-state index in [9.17, 15) is 9.59 Å². The molecule has 1 atom stereocenters. The fraction of sp³-hybridized carbons (Fsp3) is 0.529. The quantitative estimate of drug-likeness (QED) is 0.855. The van der Waals surface area contributed by atoms with Crippen molar-refractivity contribution in [3.8, 4) is 0 Å². The first-order valence-electron chi connectivity index (χ1n) is 7.71. The van der Waals surface area contributed by atoms with Gasteiger partial charge in [-0.25, -0.2) is 0 Å². The van der Waals surface area contributed by atoms with E-state index in [0.717, 1.165) is 18.4 Å². The lowest BCUT2D eigenvalue weighted by Gasteiger charge is -2.30. The van der Waals surface area contributed by atoms with Gasteiger partial charge in [0.2, 0.25) is 0 Å². The number of carbonyl (C=O) groups is 2. The second-order valence-corrected chi connectivity index (χ2v) is 5.97. The summed E-state index contributed by atoms with van der Waals surface area (Å²) < 4.78 is 6.22. The van der Waals surface area contributed by atoms with Crippen LogP contribution in [0.3, 0.4) is 0 Å². The minimum absolute atomic E-state index is 0.0200. The predicted octanol–water partition coefficient (Wildman–Crippen LogP) is 3.08. The van der Waals surface area contributed by atoms with Gasteiger partial charge in [-0.05, 0) is 25.8 Å². The topological polar surface area (TPSA) is 46.6 Å². The van der Waals surface area contributed by atoms with Crippen molar-refractivity contribution in [3.63, 3.8) is 0 Å². The fourth-order valence-corrected chi connectivity index (χ4v) is 3.26. The Kier molecular flexibility index (Phi) is 4.06. The number of ether oxygens (including phenoxy) is 1. The predicted molar refractivity (Wildman–Crippen MR) is 78.9 cm³/mol. The average Bonchev–Trinajstić information content (AvgIpc) is 2.74. The maximum Gasteiger partial charge on any atom is 0.257 e. The second kappa shape index (κ2) is 5.98. The number of hydrogen-bond donors (Lipinski definition) is 0. The molecule has 0 N–H and O–H groups in total. The zero-order chi connectivity index (χ0) is 14.8. The smallest absolute Gasteiger partial charge is 0.257 e. The lowest BCUT2D eigenvalue weighted by atomic mass is 9.97. The van der Waals surface area contributed by atoms with Crippen LogP contribution in [0, 0.1) is 0 Å². The van der Waals surface area contributed by atoms with Gasteiger partial charge in [-0.3, -0.25) is 9.59 Å². The monoisotopic (exact) mass is 287 g/mol. The van der Waals surface area contributed by atoms with Crippen LogP contribution in [0.2, 0.25) is 0 Å². The molecule has 0 spiro atoms. The van der Waals surface area contributed by atoms with Gasteiger partial charge in [-0.15, -0.1) is 0 Å². The van der Waals surface area contributed by atoms with E-state index in [-0.39, 0.29) is 24.3 Å². The molecule has 4 nitrogen and oxygen atoms in total. The molecule has 0 bridgehead atoms. The molecule has 1 aliphatic carbocycles. The van der Waals surface area contributed by atoms with Crippen LogP contribution in [-0.4, -0.2) is 29.2 Å². The zero-order valence-electron chi connectivity index (χ0n) is 12.4. The zero-order valence-corrected chi connectivity index (χ0v) is 12.4. The molecular formula is C17H21NO3. The highest BCUT2D eigenvalue weighted by molar-refractivity contribution is 6.00. The summed E-state index contributed by atoms with van der Waals surface area (Å²) >= 11 is 0. The molecule has 4 heteroatoms. The van der Waals surface area contributed by atoms with Crippen LogP contribution < -0.4 is 0 Å². The van der Waals surface area contributed by atoms with E-state index in [1.165, 1.54) is 26.2 Å². The molecule has 1 amide bonds. The first-order chi connectivity index (χ1) is 10.2. The highest BCUT2D eigenvalue weighted by Gasteiger charge is 2.39. The number of fused-ring (bicyclic) bond motifs is 1. The van der Waals surface area contributed by atoms with Crippen LogP contribution in [-0.2, 0) is 9.53 Å². The molecule has 1 unspecified atom stereocenters. The normalized spacial score (nSPS) is 22.4. The van der Waals surface area contributed by atoms with E-state index < -0.39 is 6.23 Å². The van der Waals surface area contributed by atoms with E-state index in [4.69, 9.17) is 4.74 Å². The number of Topliss-reactive ketones (excluding diaryl/α,β-unsaturated/α-hetero) is 1. The van der Waals surface area contributed by atoms with E-state index in [1.54, 1.807) is 4.90 Å². The molecule has 0 radical (unpaired) electrons. The Morgan fingerprint density at radius 3 is 2.67 bits per heavy atom. The van der Waals surface area contributed by atoms with E-state index in [1.807, 2.05) is 24.3 Å². The SMILES string of the molecule is CC(=O)CN1C(=O)c2ccccc2C1OC1CCCCC1. The van der Waals surface area contributed by atoms with Gasteiger partial charge < -0.3 is 9.64 Å². The molecular weight excluding hydrogens is 266 g/mol. The average molecular weight is 287 g/mol. The van der Waals surface area contributed by atoms with Gasteiger partial charge in [0.25, 0.3) is 5.91 Å². The lowest BCUT2D eigenvalue weighted by Crippen LogP contribution is -2.35. The first-order valence-corrected chi connectivity index (χ1v) is 7.71. The molecule has 1 fully saturated rings. The minimum atomic E-state index is -0.402. The Bertz CT molecular complexity index is 549. The van der Waals surface area contributed by atoms with Crippen molar-refractivity contribution >= 4 is 11.7 Å².